The number of benzene rings is 1. The van der Waals surface area contributed by atoms with Gasteiger partial charge in [-0.05, 0) is 36.8 Å². The molecule has 0 saturated carbocycles. The third-order valence-corrected chi connectivity index (χ3v) is 4.26. The van der Waals surface area contributed by atoms with Crippen LogP contribution in [-0.2, 0) is 19.5 Å². The van der Waals surface area contributed by atoms with Crippen LogP contribution in [-0.4, -0.2) is 9.13 Å². The van der Waals surface area contributed by atoms with Gasteiger partial charge in [-0.2, -0.15) is 0 Å². The lowest BCUT2D eigenvalue weighted by molar-refractivity contribution is 0.581. The van der Waals surface area contributed by atoms with Gasteiger partial charge >= 0.3 is 0 Å². The summed E-state index contributed by atoms with van der Waals surface area (Å²) in [7, 11) is 4.22. The smallest absolute Gasteiger partial charge is 0.0727 e. The zero-order chi connectivity index (χ0) is 14.2. The molecule has 0 amide bonds. The topological polar surface area (TPSA) is 9.86 Å². The van der Waals surface area contributed by atoms with Crippen LogP contribution in [0.3, 0.4) is 0 Å². The number of hydrogen-bond acceptors (Lipinski definition) is 0. The van der Waals surface area contributed by atoms with E-state index in [1.165, 1.54) is 17.0 Å². The highest BCUT2D eigenvalue weighted by atomic mass is 15.0. The zero-order valence-corrected chi connectivity index (χ0v) is 12.2. The van der Waals surface area contributed by atoms with E-state index in [1.807, 2.05) is 0 Å². The standard InChI is InChI=1S/C18H20N2/c1-18(15-9-5-4-6-10-15,16-11-7-13-19(16)2)17-12-8-14-20(17)3/h4-14H,1-3H3. The molecule has 0 aliphatic heterocycles. The average Bonchev–Trinajstić information content (AvgIpc) is 3.08. The first-order chi connectivity index (χ1) is 9.64. The Labute approximate surface area is 120 Å². The summed E-state index contributed by atoms with van der Waals surface area (Å²) in [5, 5.41) is 0. The highest BCUT2D eigenvalue weighted by Gasteiger charge is 2.34. The maximum absolute atomic E-state index is 2.30. The molecule has 20 heavy (non-hydrogen) atoms. The van der Waals surface area contributed by atoms with E-state index in [0.29, 0.717) is 0 Å². The lowest BCUT2D eigenvalue weighted by Crippen LogP contribution is -2.30. The third-order valence-electron chi connectivity index (χ3n) is 4.26. The Balaban J connectivity index is 2.29. The molecule has 0 radical (unpaired) electrons. The molecule has 0 unspecified atom stereocenters. The summed E-state index contributed by atoms with van der Waals surface area (Å²) in [4.78, 5) is 0. The number of aromatic nitrogens is 2. The van der Waals surface area contributed by atoms with Crippen LogP contribution in [0, 0.1) is 0 Å². The first-order valence-electron chi connectivity index (χ1n) is 6.93. The molecule has 2 aromatic heterocycles. The van der Waals surface area contributed by atoms with Gasteiger partial charge in [0.05, 0.1) is 5.41 Å². The molecule has 0 atom stereocenters. The van der Waals surface area contributed by atoms with Crippen molar-refractivity contribution in [1.29, 1.82) is 0 Å². The summed E-state index contributed by atoms with van der Waals surface area (Å²) in [5.41, 5.74) is 3.75. The van der Waals surface area contributed by atoms with E-state index in [-0.39, 0.29) is 5.41 Å². The van der Waals surface area contributed by atoms with E-state index in [2.05, 4.69) is 97.1 Å². The molecule has 2 heterocycles. The normalized spacial score (nSPS) is 11.8. The van der Waals surface area contributed by atoms with Gasteiger partial charge in [0.25, 0.3) is 0 Å². The fraction of sp³-hybridized carbons (Fsp3) is 0.222. The van der Waals surface area contributed by atoms with E-state index in [4.69, 9.17) is 0 Å². The molecule has 0 fully saturated rings. The van der Waals surface area contributed by atoms with Crippen molar-refractivity contribution in [1.82, 2.24) is 9.13 Å². The minimum absolute atomic E-state index is 0.155. The van der Waals surface area contributed by atoms with Crippen molar-refractivity contribution < 1.29 is 0 Å². The minimum Gasteiger partial charge on any atom is -0.353 e. The summed E-state index contributed by atoms with van der Waals surface area (Å²) in [6.07, 6.45) is 4.22. The predicted molar refractivity (Wildman–Crippen MR) is 82.8 cm³/mol. The Morgan fingerprint density at radius 1 is 0.700 bits per heavy atom. The zero-order valence-electron chi connectivity index (χ0n) is 12.2. The van der Waals surface area contributed by atoms with Crippen molar-refractivity contribution in [3.8, 4) is 0 Å². The van der Waals surface area contributed by atoms with E-state index in [0.717, 1.165) is 0 Å². The highest BCUT2D eigenvalue weighted by Crippen LogP contribution is 2.38. The van der Waals surface area contributed by atoms with Gasteiger partial charge in [0.15, 0.2) is 0 Å². The van der Waals surface area contributed by atoms with Crippen LogP contribution >= 0.6 is 0 Å². The van der Waals surface area contributed by atoms with Crippen LogP contribution in [0.1, 0.15) is 23.9 Å². The van der Waals surface area contributed by atoms with E-state index >= 15 is 0 Å². The Bertz CT molecular complexity index is 664. The van der Waals surface area contributed by atoms with E-state index in [9.17, 15) is 0 Å². The summed E-state index contributed by atoms with van der Waals surface area (Å²) in [5.74, 6) is 0. The summed E-state index contributed by atoms with van der Waals surface area (Å²) in [6, 6.07) is 19.3. The lowest BCUT2D eigenvalue weighted by atomic mass is 9.76. The first-order valence-corrected chi connectivity index (χ1v) is 6.93. The van der Waals surface area contributed by atoms with Gasteiger partial charge in [0.2, 0.25) is 0 Å². The molecule has 0 spiro atoms. The third kappa shape index (κ3) is 1.80. The SMILES string of the molecule is Cn1cccc1C(C)(c1ccccc1)c1cccn1C. The maximum atomic E-state index is 2.30. The fourth-order valence-corrected chi connectivity index (χ4v) is 3.16. The van der Waals surface area contributed by atoms with E-state index < -0.39 is 0 Å². The molecule has 3 rings (SSSR count). The van der Waals surface area contributed by atoms with Crippen molar-refractivity contribution in [3.63, 3.8) is 0 Å². The molecule has 102 valence electrons. The quantitative estimate of drug-likeness (QED) is 0.682. The Hall–Kier alpha value is -2.22. The second-order valence-corrected chi connectivity index (χ2v) is 5.50. The minimum atomic E-state index is -0.155. The van der Waals surface area contributed by atoms with Crippen LogP contribution in [0.25, 0.3) is 0 Å². The second kappa shape index (κ2) is 4.71. The Morgan fingerprint density at radius 2 is 1.20 bits per heavy atom. The van der Waals surface area contributed by atoms with Crippen molar-refractivity contribution >= 4 is 0 Å². The van der Waals surface area contributed by atoms with Gasteiger partial charge in [0.1, 0.15) is 0 Å². The van der Waals surface area contributed by atoms with Crippen LogP contribution in [0.4, 0.5) is 0 Å². The molecule has 0 bridgehead atoms. The van der Waals surface area contributed by atoms with Gasteiger partial charge in [-0.3, -0.25) is 0 Å². The summed E-state index contributed by atoms with van der Waals surface area (Å²) in [6.45, 7) is 2.30. The van der Waals surface area contributed by atoms with Gasteiger partial charge in [0, 0.05) is 37.9 Å². The van der Waals surface area contributed by atoms with Crippen LogP contribution in [0.2, 0.25) is 0 Å². The molecule has 3 aromatic rings. The molecule has 0 aliphatic carbocycles. The number of nitrogens with zero attached hydrogens (tertiary/aromatic N) is 2. The highest BCUT2D eigenvalue weighted by molar-refractivity contribution is 5.45. The molecule has 2 heteroatoms. The molecular weight excluding hydrogens is 244 g/mol. The summed E-state index contributed by atoms with van der Waals surface area (Å²) < 4.78 is 4.42. The molecule has 0 N–H and O–H groups in total. The van der Waals surface area contributed by atoms with Crippen molar-refractivity contribution in [2.24, 2.45) is 14.1 Å². The molecule has 2 nitrogen and oxygen atoms in total. The van der Waals surface area contributed by atoms with Crippen molar-refractivity contribution in [2.45, 2.75) is 12.3 Å². The number of hydrogen-bond donors (Lipinski definition) is 0. The summed E-state index contributed by atoms with van der Waals surface area (Å²) >= 11 is 0. The number of aryl methyl sites for hydroxylation is 2. The molecular formula is C18H20N2. The Kier molecular flexibility index (Phi) is 3.01. The van der Waals surface area contributed by atoms with Crippen molar-refractivity contribution in [3.05, 3.63) is 83.9 Å². The molecule has 0 aliphatic rings. The first kappa shape index (κ1) is 12.8. The second-order valence-electron chi connectivity index (χ2n) is 5.50. The fourth-order valence-electron chi connectivity index (χ4n) is 3.16. The number of rotatable bonds is 3. The van der Waals surface area contributed by atoms with Gasteiger partial charge in [-0.25, -0.2) is 0 Å². The van der Waals surface area contributed by atoms with Crippen molar-refractivity contribution in [2.75, 3.05) is 0 Å². The molecule has 1 aromatic carbocycles. The molecule has 0 saturated heterocycles. The van der Waals surface area contributed by atoms with Crippen LogP contribution < -0.4 is 0 Å². The van der Waals surface area contributed by atoms with Crippen LogP contribution in [0.5, 0.6) is 0 Å². The maximum Gasteiger partial charge on any atom is 0.0727 e. The van der Waals surface area contributed by atoms with E-state index in [1.54, 1.807) is 0 Å². The average molecular weight is 264 g/mol. The van der Waals surface area contributed by atoms with Gasteiger partial charge in [-0.15, -0.1) is 0 Å². The lowest BCUT2D eigenvalue weighted by Gasteiger charge is -2.32. The van der Waals surface area contributed by atoms with Crippen LogP contribution in [0.15, 0.2) is 67.0 Å². The monoisotopic (exact) mass is 264 g/mol. The largest absolute Gasteiger partial charge is 0.353 e. The Morgan fingerprint density at radius 3 is 1.60 bits per heavy atom. The van der Waals surface area contributed by atoms with Gasteiger partial charge < -0.3 is 9.13 Å². The van der Waals surface area contributed by atoms with Gasteiger partial charge in [-0.1, -0.05) is 30.3 Å². The predicted octanol–water partition coefficient (Wildman–Crippen LogP) is 3.72.